The topological polar surface area (TPSA) is 26.7 Å². The van der Waals surface area contributed by atoms with Gasteiger partial charge in [0.1, 0.15) is 0 Å². The molecule has 1 heterocycles. The summed E-state index contributed by atoms with van der Waals surface area (Å²) in [5.74, 6) is 1.38. The van der Waals surface area contributed by atoms with Gasteiger partial charge in [-0.2, -0.15) is 0 Å². The summed E-state index contributed by atoms with van der Waals surface area (Å²) < 4.78 is 0. The first kappa shape index (κ1) is 11.4. The largest absolute Gasteiger partial charge is 0.393 e. The molecule has 2 aliphatic rings. The summed E-state index contributed by atoms with van der Waals surface area (Å²) in [5, 5.41) is 9.80. The average molecular weight is 212 g/mol. The second kappa shape index (κ2) is 4.81. The first-order chi connectivity index (χ1) is 7.16. The lowest BCUT2D eigenvalue weighted by atomic mass is 10.00. The summed E-state index contributed by atoms with van der Waals surface area (Å²) in [6, 6.07) is 0. The van der Waals surface area contributed by atoms with Crippen molar-refractivity contribution >= 4 is 0 Å². The van der Waals surface area contributed by atoms with Crippen LogP contribution >= 0.6 is 0 Å². The lowest BCUT2D eigenvalue weighted by Crippen LogP contribution is -2.27. The Morgan fingerprint density at radius 1 is 1.27 bits per heavy atom. The quantitative estimate of drug-likeness (QED) is 0.741. The third-order valence-electron chi connectivity index (χ3n) is 3.97. The smallest absolute Gasteiger partial charge is 0.0583 e. The fourth-order valence-electron chi connectivity index (χ4n) is 3.12. The highest BCUT2D eigenvalue weighted by Gasteiger charge is 2.41. The van der Waals surface area contributed by atoms with E-state index in [9.17, 15) is 5.11 Å². The van der Waals surface area contributed by atoms with E-state index in [0.717, 1.165) is 18.9 Å². The molecule has 3 nitrogen and oxygen atoms in total. The Labute approximate surface area is 93.1 Å². The van der Waals surface area contributed by atoms with Crippen LogP contribution in [0.2, 0.25) is 0 Å². The molecule has 1 aliphatic heterocycles. The van der Waals surface area contributed by atoms with Gasteiger partial charge in [0.25, 0.3) is 0 Å². The summed E-state index contributed by atoms with van der Waals surface area (Å²) >= 11 is 0. The van der Waals surface area contributed by atoms with Crippen molar-refractivity contribution in [1.82, 2.24) is 9.80 Å². The normalized spacial score (nSPS) is 36.4. The molecule has 88 valence electrons. The molecule has 1 saturated carbocycles. The van der Waals surface area contributed by atoms with E-state index in [1.807, 2.05) is 0 Å². The molecule has 15 heavy (non-hydrogen) atoms. The lowest BCUT2D eigenvalue weighted by molar-refractivity contribution is 0.124. The predicted octanol–water partition coefficient (Wildman–Crippen LogP) is 0.641. The zero-order valence-electron chi connectivity index (χ0n) is 10.0. The lowest BCUT2D eigenvalue weighted by Gasteiger charge is -2.19. The maximum absolute atomic E-state index is 9.80. The van der Waals surface area contributed by atoms with E-state index >= 15 is 0 Å². The Hall–Kier alpha value is -0.120. The third-order valence-corrected chi connectivity index (χ3v) is 3.97. The first-order valence-electron chi connectivity index (χ1n) is 6.22. The van der Waals surface area contributed by atoms with Crippen LogP contribution in [-0.2, 0) is 0 Å². The fraction of sp³-hybridized carbons (Fsp3) is 1.00. The molecule has 0 bridgehead atoms. The summed E-state index contributed by atoms with van der Waals surface area (Å²) in [5.41, 5.74) is 0. The van der Waals surface area contributed by atoms with Gasteiger partial charge in [-0.25, -0.2) is 0 Å². The van der Waals surface area contributed by atoms with Gasteiger partial charge in [-0.3, -0.25) is 0 Å². The van der Waals surface area contributed by atoms with Gasteiger partial charge in [0.05, 0.1) is 6.10 Å². The molecule has 3 atom stereocenters. The molecular formula is C12H24N2O. The molecule has 2 rings (SSSR count). The van der Waals surface area contributed by atoms with E-state index in [2.05, 4.69) is 23.9 Å². The summed E-state index contributed by atoms with van der Waals surface area (Å²) in [7, 11) is 4.25. The number of fused-ring (bicyclic) bond motifs is 1. The molecule has 1 N–H and O–H groups in total. The molecule has 0 radical (unpaired) electrons. The van der Waals surface area contributed by atoms with Gasteiger partial charge >= 0.3 is 0 Å². The molecule has 0 spiro atoms. The van der Waals surface area contributed by atoms with Gasteiger partial charge < -0.3 is 14.9 Å². The van der Waals surface area contributed by atoms with Gasteiger partial charge in [0, 0.05) is 19.0 Å². The molecule has 3 unspecified atom stereocenters. The molecule has 3 heteroatoms. The molecular weight excluding hydrogens is 188 g/mol. The first-order valence-corrected chi connectivity index (χ1v) is 6.22. The number of aliphatic hydroxyl groups excluding tert-OH is 1. The van der Waals surface area contributed by atoms with Crippen LogP contribution in [0.15, 0.2) is 0 Å². The molecule has 2 fully saturated rings. The zero-order chi connectivity index (χ0) is 10.8. The number of nitrogens with zero attached hydrogens (tertiary/aromatic N) is 2. The monoisotopic (exact) mass is 212 g/mol. The van der Waals surface area contributed by atoms with Crippen molar-refractivity contribution in [3.8, 4) is 0 Å². The fourth-order valence-corrected chi connectivity index (χ4v) is 3.12. The van der Waals surface area contributed by atoms with Gasteiger partial charge in [-0.15, -0.1) is 0 Å². The van der Waals surface area contributed by atoms with Crippen molar-refractivity contribution < 1.29 is 5.11 Å². The second-order valence-corrected chi connectivity index (χ2v) is 5.49. The van der Waals surface area contributed by atoms with Gasteiger partial charge in [-0.1, -0.05) is 0 Å². The second-order valence-electron chi connectivity index (χ2n) is 5.49. The predicted molar refractivity (Wildman–Crippen MR) is 61.8 cm³/mol. The maximum atomic E-state index is 9.80. The number of likely N-dealkylation sites (tertiary alicyclic amines) is 1. The number of aliphatic hydroxyl groups is 1. The van der Waals surface area contributed by atoms with Gasteiger partial charge in [-0.05, 0) is 52.4 Å². The highest BCUT2D eigenvalue weighted by molar-refractivity contribution is 4.93. The van der Waals surface area contributed by atoms with E-state index in [-0.39, 0.29) is 6.10 Å². The molecule has 0 aromatic heterocycles. The average Bonchev–Trinajstić information content (AvgIpc) is 2.69. The number of rotatable bonds is 4. The van der Waals surface area contributed by atoms with Gasteiger partial charge in [0.2, 0.25) is 0 Å². The minimum atomic E-state index is -0.00570. The maximum Gasteiger partial charge on any atom is 0.0583 e. The van der Waals surface area contributed by atoms with E-state index in [4.69, 9.17) is 0 Å². The van der Waals surface area contributed by atoms with Crippen molar-refractivity contribution in [3.63, 3.8) is 0 Å². The number of hydrogen-bond acceptors (Lipinski definition) is 3. The zero-order valence-corrected chi connectivity index (χ0v) is 10.0. The Balaban J connectivity index is 1.69. The van der Waals surface area contributed by atoms with Crippen LogP contribution in [-0.4, -0.2) is 61.3 Å². The Bertz CT molecular complexity index is 208. The number of hydrogen-bond donors (Lipinski definition) is 1. The van der Waals surface area contributed by atoms with Crippen LogP contribution in [0, 0.1) is 11.8 Å². The Morgan fingerprint density at radius 3 is 2.73 bits per heavy atom. The highest BCUT2D eigenvalue weighted by Crippen LogP contribution is 2.37. The van der Waals surface area contributed by atoms with Crippen LogP contribution in [0.25, 0.3) is 0 Å². The van der Waals surface area contributed by atoms with Crippen LogP contribution in [0.1, 0.15) is 19.3 Å². The van der Waals surface area contributed by atoms with E-state index < -0.39 is 0 Å². The van der Waals surface area contributed by atoms with Crippen LogP contribution < -0.4 is 0 Å². The SMILES string of the molecule is CN(C)CCCN1CC2CCC(O)C2C1. The Morgan fingerprint density at radius 2 is 2.07 bits per heavy atom. The van der Waals surface area contributed by atoms with E-state index in [1.54, 1.807) is 0 Å². The van der Waals surface area contributed by atoms with Crippen LogP contribution in [0.5, 0.6) is 0 Å². The van der Waals surface area contributed by atoms with Crippen molar-refractivity contribution in [2.75, 3.05) is 40.3 Å². The summed E-state index contributed by atoms with van der Waals surface area (Å²) in [6.45, 7) is 4.75. The molecule has 0 aromatic rings. The molecule has 0 amide bonds. The summed E-state index contributed by atoms with van der Waals surface area (Å²) in [4.78, 5) is 4.78. The molecule has 1 aliphatic carbocycles. The Kier molecular flexibility index (Phi) is 3.65. The van der Waals surface area contributed by atoms with Crippen molar-refractivity contribution in [1.29, 1.82) is 0 Å². The van der Waals surface area contributed by atoms with Crippen molar-refractivity contribution in [2.24, 2.45) is 11.8 Å². The molecule has 1 saturated heterocycles. The van der Waals surface area contributed by atoms with Crippen molar-refractivity contribution in [2.45, 2.75) is 25.4 Å². The minimum absolute atomic E-state index is 0.00570. The van der Waals surface area contributed by atoms with Crippen molar-refractivity contribution in [3.05, 3.63) is 0 Å². The minimum Gasteiger partial charge on any atom is -0.393 e. The van der Waals surface area contributed by atoms with Crippen LogP contribution in [0.3, 0.4) is 0 Å². The molecule has 0 aromatic carbocycles. The van der Waals surface area contributed by atoms with Gasteiger partial charge in [0.15, 0.2) is 0 Å². The summed E-state index contributed by atoms with van der Waals surface area (Å²) in [6.07, 6.45) is 3.54. The van der Waals surface area contributed by atoms with Crippen LogP contribution in [0.4, 0.5) is 0 Å². The third kappa shape index (κ3) is 2.71. The standard InChI is InChI=1S/C12H24N2O/c1-13(2)6-3-7-14-8-10-4-5-12(15)11(10)9-14/h10-12,15H,3-9H2,1-2H3. The highest BCUT2D eigenvalue weighted by atomic mass is 16.3. The van der Waals surface area contributed by atoms with E-state index in [0.29, 0.717) is 5.92 Å². The van der Waals surface area contributed by atoms with E-state index in [1.165, 1.54) is 32.5 Å².